The van der Waals surface area contributed by atoms with Gasteiger partial charge in [0, 0.05) is 29.3 Å². The molecule has 0 radical (unpaired) electrons. The number of rotatable bonds is 7. The average Bonchev–Trinajstić information content (AvgIpc) is 3.49. The van der Waals surface area contributed by atoms with Gasteiger partial charge < -0.3 is 5.11 Å². The van der Waals surface area contributed by atoms with Crippen LogP contribution in [0.15, 0.2) is 53.3 Å². The molecule has 2 aromatic heterocycles. The van der Waals surface area contributed by atoms with Crippen molar-refractivity contribution in [3.05, 3.63) is 75.7 Å². The van der Waals surface area contributed by atoms with E-state index >= 15 is 0 Å². The molecule has 2 N–H and O–H groups in total. The highest BCUT2D eigenvalue weighted by molar-refractivity contribution is 5.80. The highest BCUT2D eigenvalue weighted by atomic mass is 16.4. The van der Waals surface area contributed by atoms with Gasteiger partial charge >= 0.3 is 5.97 Å². The highest BCUT2D eigenvalue weighted by Gasteiger charge is 2.34. The Bertz CT molecular complexity index is 1400. The minimum Gasteiger partial charge on any atom is -0.480 e. The van der Waals surface area contributed by atoms with Crippen LogP contribution in [0.1, 0.15) is 62.0 Å². The number of nitrogens with zero attached hydrogens (tertiary/aromatic N) is 5. The largest absolute Gasteiger partial charge is 0.480 e. The van der Waals surface area contributed by atoms with Crippen molar-refractivity contribution in [3.63, 3.8) is 0 Å². The number of aromatic amines is 1. The molecule has 9 nitrogen and oxygen atoms in total. The number of carboxylic acids is 1. The summed E-state index contributed by atoms with van der Waals surface area (Å²) < 4.78 is 3.45. The van der Waals surface area contributed by atoms with Gasteiger partial charge in [0.05, 0.1) is 0 Å². The Balaban J connectivity index is 1.51. The Hall–Kier alpha value is -4.01. The molecule has 1 aliphatic heterocycles. The Morgan fingerprint density at radius 3 is 2.49 bits per heavy atom. The number of carbonyl (C=O) groups is 1. The molecule has 0 spiro atoms. The number of fused-ring (bicyclic) bond motifs is 1. The summed E-state index contributed by atoms with van der Waals surface area (Å²) in [4.78, 5) is 25.4. The van der Waals surface area contributed by atoms with E-state index in [-0.39, 0.29) is 11.6 Å². The normalized spacial score (nSPS) is 17.3. The van der Waals surface area contributed by atoms with E-state index in [0.29, 0.717) is 24.2 Å². The SMILES string of the molecule is CCCc1c(Cc2ccc(-c3ccccc3-c3nnn[nH]3)cc2)c(=O)n2n1C(C)CCC2C(=O)O. The van der Waals surface area contributed by atoms with Crippen LogP contribution in [0.2, 0.25) is 0 Å². The second kappa shape index (κ2) is 9.32. The number of hydrogen-bond acceptors (Lipinski definition) is 5. The van der Waals surface area contributed by atoms with Crippen molar-refractivity contribution in [2.24, 2.45) is 0 Å². The monoisotopic (exact) mass is 472 g/mol. The zero-order valence-electron chi connectivity index (χ0n) is 19.8. The van der Waals surface area contributed by atoms with Gasteiger partial charge in [-0.1, -0.05) is 61.9 Å². The first-order valence-corrected chi connectivity index (χ1v) is 12.0. The van der Waals surface area contributed by atoms with Gasteiger partial charge in [0.1, 0.15) is 0 Å². The zero-order chi connectivity index (χ0) is 24.5. The Morgan fingerprint density at radius 1 is 1.09 bits per heavy atom. The summed E-state index contributed by atoms with van der Waals surface area (Å²) in [7, 11) is 0. The van der Waals surface area contributed by atoms with Crippen LogP contribution in [0.5, 0.6) is 0 Å². The fourth-order valence-electron chi connectivity index (χ4n) is 5.17. The number of tetrazole rings is 1. The van der Waals surface area contributed by atoms with E-state index in [2.05, 4.69) is 34.5 Å². The molecular formula is C26H28N6O3. The van der Waals surface area contributed by atoms with Crippen molar-refractivity contribution in [1.29, 1.82) is 0 Å². The minimum atomic E-state index is -0.947. The van der Waals surface area contributed by atoms with Crippen LogP contribution in [0.25, 0.3) is 22.5 Å². The van der Waals surface area contributed by atoms with Gasteiger partial charge in [-0.25, -0.2) is 14.6 Å². The van der Waals surface area contributed by atoms with Crippen molar-refractivity contribution in [3.8, 4) is 22.5 Å². The minimum absolute atomic E-state index is 0.0954. The summed E-state index contributed by atoms with van der Waals surface area (Å²) in [6, 6.07) is 15.3. The van der Waals surface area contributed by atoms with Crippen molar-refractivity contribution in [2.75, 3.05) is 0 Å². The van der Waals surface area contributed by atoms with Crippen LogP contribution in [0.3, 0.4) is 0 Å². The number of carboxylic acid groups (broad SMARTS) is 1. The summed E-state index contributed by atoms with van der Waals surface area (Å²) in [6.45, 7) is 4.14. The first-order valence-electron chi connectivity index (χ1n) is 12.0. The molecule has 2 atom stereocenters. The van der Waals surface area contributed by atoms with Gasteiger partial charge in [0.25, 0.3) is 5.56 Å². The fraction of sp³-hybridized carbons (Fsp3) is 0.346. The van der Waals surface area contributed by atoms with Crippen molar-refractivity contribution >= 4 is 5.97 Å². The van der Waals surface area contributed by atoms with Crippen LogP contribution in [0, 0.1) is 0 Å². The number of H-pyrrole nitrogens is 1. The molecule has 9 heteroatoms. The second-order valence-corrected chi connectivity index (χ2v) is 9.12. The number of aromatic nitrogens is 6. The lowest BCUT2D eigenvalue weighted by atomic mass is 9.96. The third kappa shape index (κ3) is 4.07. The van der Waals surface area contributed by atoms with Crippen molar-refractivity contribution in [2.45, 2.75) is 58.0 Å². The predicted molar refractivity (Wildman–Crippen MR) is 131 cm³/mol. The third-order valence-corrected chi connectivity index (χ3v) is 6.84. The summed E-state index contributed by atoms with van der Waals surface area (Å²) in [6.07, 6.45) is 3.31. The average molecular weight is 473 g/mol. The Labute approximate surface area is 202 Å². The standard InChI is InChI=1S/C26H28N6O3/c1-3-6-22-21(25(33)32-23(26(34)35)14-9-16(2)31(22)32)15-17-10-12-18(13-11-17)19-7-4-5-8-20(19)24-27-29-30-28-24/h4-5,7-8,10-13,16,23H,3,6,9,14-15H2,1-2H3,(H,34,35)(H,27,28,29,30). The van der Waals surface area contributed by atoms with E-state index in [9.17, 15) is 14.7 Å². The fourth-order valence-corrected chi connectivity index (χ4v) is 5.17. The molecule has 0 aliphatic carbocycles. The van der Waals surface area contributed by atoms with E-state index in [1.807, 2.05) is 53.2 Å². The topological polar surface area (TPSA) is 119 Å². The first kappa shape index (κ1) is 22.8. The smallest absolute Gasteiger partial charge is 0.328 e. The molecule has 3 heterocycles. The Kier molecular flexibility index (Phi) is 6.07. The summed E-state index contributed by atoms with van der Waals surface area (Å²) in [5.74, 6) is -0.347. The molecule has 4 aromatic rings. The van der Waals surface area contributed by atoms with E-state index in [4.69, 9.17) is 0 Å². The molecule has 5 rings (SSSR count). The van der Waals surface area contributed by atoms with Gasteiger partial charge in [-0.3, -0.25) is 9.48 Å². The molecule has 1 aliphatic rings. The number of benzene rings is 2. The molecule has 2 unspecified atom stereocenters. The van der Waals surface area contributed by atoms with E-state index in [1.165, 1.54) is 4.68 Å². The van der Waals surface area contributed by atoms with Gasteiger partial charge in [0.15, 0.2) is 11.9 Å². The van der Waals surface area contributed by atoms with Crippen LogP contribution in [0.4, 0.5) is 0 Å². The molecular weight excluding hydrogens is 444 g/mol. The number of aliphatic carboxylic acids is 1. The van der Waals surface area contributed by atoms with Crippen LogP contribution < -0.4 is 5.56 Å². The first-order chi connectivity index (χ1) is 17.0. The predicted octanol–water partition coefficient (Wildman–Crippen LogP) is 4.02. The Morgan fingerprint density at radius 2 is 1.83 bits per heavy atom. The quantitative estimate of drug-likeness (QED) is 0.419. The maximum absolute atomic E-state index is 13.5. The van der Waals surface area contributed by atoms with Gasteiger partial charge in [-0.15, -0.1) is 5.10 Å². The molecule has 0 saturated heterocycles. The molecule has 0 bridgehead atoms. The molecule has 0 saturated carbocycles. The van der Waals surface area contributed by atoms with Crippen molar-refractivity contribution in [1.82, 2.24) is 30.0 Å². The second-order valence-electron chi connectivity index (χ2n) is 9.12. The lowest BCUT2D eigenvalue weighted by molar-refractivity contribution is -0.142. The molecule has 0 amide bonds. The maximum Gasteiger partial charge on any atom is 0.328 e. The van der Waals surface area contributed by atoms with Crippen molar-refractivity contribution < 1.29 is 9.90 Å². The van der Waals surface area contributed by atoms with E-state index in [0.717, 1.165) is 47.2 Å². The lowest BCUT2D eigenvalue weighted by Gasteiger charge is -2.30. The van der Waals surface area contributed by atoms with Gasteiger partial charge in [0.2, 0.25) is 0 Å². The van der Waals surface area contributed by atoms with Crippen LogP contribution >= 0.6 is 0 Å². The zero-order valence-corrected chi connectivity index (χ0v) is 19.8. The highest BCUT2D eigenvalue weighted by Crippen LogP contribution is 2.32. The summed E-state index contributed by atoms with van der Waals surface area (Å²) in [5, 5.41) is 24.0. The molecule has 180 valence electrons. The van der Waals surface area contributed by atoms with Gasteiger partial charge in [-0.2, -0.15) is 0 Å². The van der Waals surface area contributed by atoms with E-state index in [1.54, 1.807) is 0 Å². The van der Waals surface area contributed by atoms with Gasteiger partial charge in [-0.05, 0) is 53.3 Å². The van der Waals surface area contributed by atoms with E-state index < -0.39 is 12.0 Å². The lowest BCUT2D eigenvalue weighted by Crippen LogP contribution is -2.38. The van der Waals surface area contributed by atoms with Crippen LogP contribution in [-0.4, -0.2) is 41.1 Å². The third-order valence-electron chi connectivity index (χ3n) is 6.84. The number of hydrogen-bond donors (Lipinski definition) is 2. The summed E-state index contributed by atoms with van der Waals surface area (Å²) >= 11 is 0. The summed E-state index contributed by atoms with van der Waals surface area (Å²) in [5.41, 5.74) is 5.41. The molecule has 35 heavy (non-hydrogen) atoms. The molecule has 2 aromatic carbocycles. The number of nitrogens with one attached hydrogen (secondary N) is 1. The molecule has 0 fully saturated rings. The van der Waals surface area contributed by atoms with Crippen LogP contribution in [-0.2, 0) is 17.6 Å². The maximum atomic E-state index is 13.5.